The lowest BCUT2D eigenvalue weighted by Crippen LogP contribution is -2.14. The van der Waals surface area contributed by atoms with Gasteiger partial charge in [-0.15, -0.1) is 0 Å². The number of amides is 1. The topological polar surface area (TPSA) is 75.3 Å². The number of nitrogen functional groups attached to an aromatic ring is 1. The maximum atomic E-state index is 12.1. The Kier molecular flexibility index (Phi) is 3.62. The Labute approximate surface area is 115 Å². The van der Waals surface area contributed by atoms with Crippen molar-refractivity contribution in [1.82, 2.24) is 0 Å². The molecule has 0 aromatic heterocycles. The summed E-state index contributed by atoms with van der Waals surface area (Å²) in [6.07, 6.45) is 0. The van der Waals surface area contributed by atoms with Gasteiger partial charge in [0.2, 0.25) is 0 Å². The van der Waals surface area contributed by atoms with Crippen molar-refractivity contribution in [3.05, 3.63) is 52.5 Å². The molecular formula is C14H13ClN2O2. The maximum Gasteiger partial charge on any atom is 0.257 e. The van der Waals surface area contributed by atoms with Gasteiger partial charge in [0.1, 0.15) is 5.75 Å². The zero-order valence-electron chi connectivity index (χ0n) is 10.3. The summed E-state index contributed by atoms with van der Waals surface area (Å²) in [6, 6.07) is 9.42. The standard InChI is InChI=1S/C14H13ClN2O2/c1-8-6-10(18)3-5-13(8)17-14(19)11-4-2-9(15)7-12(11)16/h2-7,18H,16H2,1H3,(H,17,19). The van der Waals surface area contributed by atoms with Gasteiger partial charge in [-0.25, -0.2) is 0 Å². The van der Waals surface area contributed by atoms with Gasteiger partial charge >= 0.3 is 0 Å². The monoisotopic (exact) mass is 276 g/mol. The molecule has 2 aromatic rings. The number of phenolic OH excluding ortho intramolecular Hbond substituents is 1. The van der Waals surface area contributed by atoms with Crippen LogP contribution >= 0.6 is 11.6 Å². The lowest BCUT2D eigenvalue weighted by Gasteiger charge is -2.10. The van der Waals surface area contributed by atoms with Gasteiger partial charge < -0.3 is 16.2 Å². The third kappa shape index (κ3) is 2.98. The number of benzene rings is 2. The van der Waals surface area contributed by atoms with Gasteiger partial charge in [-0.3, -0.25) is 4.79 Å². The van der Waals surface area contributed by atoms with Crippen LogP contribution in [-0.2, 0) is 0 Å². The Hall–Kier alpha value is -2.20. The predicted molar refractivity (Wildman–Crippen MR) is 76.7 cm³/mol. The lowest BCUT2D eigenvalue weighted by molar-refractivity contribution is 0.102. The van der Waals surface area contributed by atoms with Gasteiger partial charge in [0, 0.05) is 16.4 Å². The minimum atomic E-state index is -0.317. The smallest absolute Gasteiger partial charge is 0.257 e. The molecule has 1 amide bonds. The SMILES string of the molecule is Cc1cc(O)ccc1NC(=O)c1ccc(Cl)cc1N. The van der Waals surface area contributed by atoms with E-state index >= 15 is 0 Å². The number of nitrogens with two attached hydrogens (primary N) is 1. The number of rotatable bonds is 2. The van der Waals surface area contributed by atoms with E-state index in [9.17, 15) is 9.90 Å². The number of carbonyl (C=O) groups is 1. The van der Waals surface area contributed by atoms with Crippen molar-refractivity contribution in [2.45, 2.75) is 6.92 Å². The number of anilines is 2. The molecule has 0 saturated carbocycles. The fourth-order valence-electron chi connectivity index (χ4n) is 1.72. The Bertz CT molecular complexity index is 641. The molecule has 0 unspecified atom stereocenters. The molecule has 0 atom stereocenters. The van der Waals surface area contributed by atoms with Crippen LogP contribution in [0.5, 0.6) is 5.75 Å². The van der Waals surface area contributed by atoms with E-state index in [1.165, 1.54) is 12.1 Å². The second-order valence-corrected chi connectivity index (χ2v) is 4.62. The minimum absolute atomic E-state index is 0.154. The van der Waals surface area contributed by atoms with E-state index in [0.29, 0.717) is 22.0 Å². The predicted octanol–water partition coefficient (Wildman–Crippen LogP) is 3.19. The van der Waals surface area contributed by atoms with E-state index < -0.39 is 0 Å². The van der Waals surface area contributed by atoms with Crippen LogP contribution in [0.2, 0.25) is 5.02 Å². The summed E-state index contributed by atoms with van der Waals surface area (Å²) in [6.45, 7) is 1.79. The van der Waals surface area contributed by atoms with Gasteiger partial charge in [0.25, 0.3) is 5.91 Å². The average Bonchev–Trinajstić information content (AvgIpc) is 2.32. The molecular weight excluding hydrogens is 264 g/mol. The van der Waals surface area contributed by atoms with Gasteiger partial charge in [-0.1, -0.05) is 11.6 Å². The number of nitrogens with one attached hydrogen (secondary N) is 1. The molecule has 0 fully saturated rings. The largest absolute Gasteiger partial charge is 0.508 e. The molecule has 0 radical (unpaired) electrons. The second kappa shape index (κ2) is 5.20. The second-order valence-electron chi connectivity index (χ2n) is 4.18. The highest BCUT2D eigenvalue weighted by Crippen LogP contribution is 2.23. The van der Waals surface area contributed by atoms with Crippen LogP contribution in [0.4, 0.5) is 11.4 Å². The quantitative estimate of drug-likeness (QED) is 0.582. The van der Waals surface area contributed by atoms with Crippen LogP contribution in [0, 0.1) is 6.92 Å². The van der Waals surface area contributed by atoms with Crippen LogP contribution < -0.4 is 11.1 Å². The molecule has 0 bridgehead atoms. The first-order valence-electron chi connectivity index (χ1n) is 5.63. The zero-order chi connectivity index (χ0) is 14.0. The van der Waals surface area contributed by atoms with Crippen LogP contribution in [0.25, 0.3) is 0 Å². The van der Waals surface area contributed by atoms with Crippen LogP contribution in [0.3, 0.4) is 0 Å². The molecule has 2 rings (SSSR count). The maximum absolute atomic E-state index is 12.1. The molecule has 0 spiro atoms. The first-order valence-corrected chi connectivity index (χ1v) is 6.01. The highest BCUT2D eigenvalue weighted by molar-refractivity contribution is 6.31. The molecule has 5 heteroatoms. The number of aromatic hydroxyl groups is 1. The molecule has 0 heterocycles. The van der Waals surface area contributed by atoms with Gasteiger partial charge in [0.05, 0.1) is 5.56 Å². The number of carbonyl (C=O) groups excluding carboxylic acids is 1. The van der Waals surface area contributed by atoms with Crippen LogP contribution in [-0.4, -0.2) is 11.0 Å². The van der Waals surface area contributed by atoms with Crippen molar-refractivity contribution < 1.29 is 9.90 Å². The lowest BCUT2D eigenvalue weighted by atomic mass is 10.1. The third-order valence-corrected chi connectivity index (χ3v) is 2.95. The molecule has 0 saturated heterocycles. The average molecular weight is 277 g/mol. The van der Waals surface area contributed by atoms with Crippen molar-refractivity contribution in [3.63, 3.8) is 0 Å². The molecule has 0 aliphatic rings. The van der Waals surface area contributed by atoms with Crippen LogP contribution in [0.1, 0.15) is 15.9 Å². The van der Waals surface area contributed by atoms with E-state index in [0.717, 1.165) is 5.56 Å². The number of phenols is 1. The number of aryl methyl sites for hydroxylation is 1. The Balaban J connectivity index is 2.25. The number of hydrogen-bond donors (Lipinski definition) is 3. The van der Waals surface area contributed by atoms with Crippen molar-refractivity contribution in [3.8, 4) is 5.75 Å². The fraction of sp³-hybridized carbons (Fsp3) is 0.0714. The number of halogens is 1. The molecule has 4 N–H and O–H groups in total. The molecule has 2 aromatic carbocycles. The van der Waals surface area contributed by atoms with Gasteiger partial charge in [-0.2, -0.15) is 0 Å². The normalized spacial score (nSPS) is 10.2. The summed E-state index contributed by atoms with van der Waals surface area (Å²) in [5.41, 5.74) is 7.82. The summed E-state index contributed by atoms with van der Waals surface area (Å²) in [5, 5.41) is 12.5. The number of hydrogen-bond acceptors (Lipinski definition) is 3. The molecule has 0 aliphatic carbocycles. The third-order valence-electron chi connectivity index (χ3n) is 2.72. The van der Waals surface area contributed by atoms with Crippen molar-refractivity contribution in [2.75, 3.05) is 11.1 Å². The Morgan fingerprint density at radius 1 is 1.26 bits per heavy atom. The Morgan fingerprint density at radius 2 is 2.00 bits per heavy atom. The zero-order valence-corrected chi connectivity index (χ0v) is 11.0. The van der Waals surface area contributed by atoms with E-state index in [1.807, 2.05) is 0 Å². The molecule has 4 nitrogen and oxygen atoms in total. The van der Waals surface area contributed by atoms with Gasteiger partial charge in [0.15, 0.2) is 0 Å². The van der Waals surface area contributed by atoms with Crippen molar-refractivity contribution in [2.24, 2.45) is 0 Å². The summed E-state index contributed by atoms with van der Waals surface area (Å²) in [4.78, 5) is 12.1. The molecule has 98 valence electrons. The van der Waals surface area contributed by atoms with E-state index in [2.05, 4.69) is 5.32 Å². The highest BCUT2D eigenvalue weighted by Gasteiger charge is 2.11. The Morgan fingerprint density at radius 3 is 2.63 bits per heavy atom. The van der Waals surface area contributed by atoms with E-state index in [4.69, 9.17) is 17.3 Å². The van der Waals surface area contributed by atoms with Gasteiger partial charge in [-0.05, 0) is 48.9 Å². The van der Waals surface area contributed by atoms with Crippen molar-refractivity contribution in [1.29, 1.82) is 0 Å². The highest BCUT2D eigenvalue weighted by atomic mass is 35.5. The fourth-order valence-corrected chi connectivity index (χ4v) is 1.90. The summed E-state index contributed by atoms with van der Waals surface area (Å²) >= 11 is 5.78. The first kappa shape index (κ1) is 13.2. The minimum Gasteiger partial charge on any atom is -0.508 e. The molecule has 0 aliphatic heterocycles. The molecule has 19 heavy (non-hydrogen) atoms. The first-order chi connectivity index (χ1) is 8.97. The van der Waals surface area contributed by atoms with Crippen molar-refractivity contribution >= 4 is 28.9 Å². The summed E-state index contributed by atoms with van der Waals surface area (Å²) in [7, 11) is 0. The van der Waals surface area contributed by atoms with Crippen LogP contribution in [0.15, 0.2) is 36.4 Å². The summed E-state index contributed by atoms with van der Waals surface area (Å²) < 4.78 is 0. The van der Waals surface area contributed by atoms with E-state index in [1.54, 1.807) is 31.2 Å². The summed E-state index contributed by atoms with van der Waals surface area (Å²) in [5.74, 6) is -0.163. The van der Waals surface area contributed by atoms with E-state index in [-0.39, 0.29) is 11.7 Å².